The van der Waals surface area contributed by atoms with Crippen molar-refractivity contribution < 1.29 is 13.7 Å². The molecule has 6 nitrogen and oxygen atoms in total. The van der Waals surface area contributed by atoms with Gasteiger partial charge in [0.05, 0.1) is 18.8 Å². The number of benzene rings is 2. The summed E-state index contributed by atoms with van der Waals surface area (Å²) in [6.45, 7) is 4.69. The van der Waals surface area contributed by atoms with Gasteiger partial charge in [-0.15, -0.1) is 0 Å². The number of ether oxygens (including phenoxy) is 1. The van der Waals surface area contributed by atoms with Crippen LogP contribution in [0, 0.1) is 6.92 Å². The summed E-state index contributed by atoms with van der Waals surface area (Å²) in [6, 6.07) is 14.1. The van der Waals surface area contributed by atoms with Crippen LogP contribution >= 0.6 is 0 Å². The molecule has 0 N–H and O–H groups in total. The number of hydrogen-bond acceptors (Lipinski definition) is 6. The van der Waals surface area contributed by atoms with Crippen LogP contribution in [0.3, 0.4) is 0 Å². The maximum atomic E-state index is 6.04. The summed E-state index contributed by atoms with van der Waals surface area (Å²) in [4.78, 5) is 6.96. The van der Waals surface area contributed by atoms with Crippen LogP contribution in [0.2, 0.25) is 0 Å². The fourth-order valence-electron chi connectivity index (χ4n) is 3.36. The van der Waals surface area contributed by atoms with Crippen LogP contribution < -0.4 is 4.74 Å². The van der Waals surface area contributed by atoms with Crippen molar-refractivity contribution in [2.45, 2.75) is 26.4 Å². The average molecular weight is 377 g/mol. The molecule has 0 saturated heterocycles. The predicted octanol–water partition coefficient (Wildman–Crippen LogP) is 4.99. The second-order valence-electron chi connectivity index (χ2n) is 6.90. The van der Waals surface area contributed by atoms with E-state index in [4.69, 9.17) is 18.7 Å². The zero-order valence-electron chi connectivity index (χ0n) is 16.5. The molecule has 0 fully saturated rings. The maximum Gasteiger partial charge on any atom is 0.227 e. The predicted molar refractivity (Wildman–Crippen MR) is 107 cm³/mol. The minimum atomic E-state index is 0.111. The number of aryl methyl sites for hydroxylation is 1. The minimum absolute atomic E-state index is 0.111. The topological polar surface area (TPSA) is 64.5 Å². The first-order valence-corrected chi connectivity index (χ1v) is 9.21. The van der Waals surface area contributed by atoms with Crippen LogP contribution in [0.15, 0.2) is 57.7 Å². The Morgan fingerprint density at radius 3 is 2.61 bits per heavy atom. The molecule has 0 amide bonds. The van der Waals surface area contributed by atoms with E-state index in [1.54, 1.807) is 13.4 Å². The van der Waals surface area contributed by atoms with Gasteiger partial charge in [0.15, 0.2) is 0 Å². The summed E-state index contributed by atoms with van der Waals surface area (Å²) < 4.78 is 16.5. The van der Waals surface area contributed by atoms with Crippen LogP contribution in [0.1, 0.15) is 30.1 Å². The molecule has 0 aliphatic carbocycles. The molecule has 2 aromatic carbocycles. The molecule has 2 heterocycles. The van der Waals surface area contributed by atoms with Crippen molar-refractivity contribution in [2.24, 2.45) is 0 Å². The Kier molecular flexibility index (Phi) is 4.88. The van der Waals surface area contributed by atoms with Crippen molar-refractivity contribution in [3.05, 3.63) is 65.9 Å². The number of aromatic nitrogens is 2. The fraction of sp³-hybridized carbons (Fsp3) is 0.273. The molecule has 144 valence electrons. The molecule has 0 aliphatic heterocycles. The van der Waals surface area contributed by atoms with E-state index in [9.17, 15) is 0 Å². The molecule has 0 bridgehead atoms. The van der Waals surface area contributed by atoms with Gasteiger partial charge < -0.3 is 13.7 Å². The van der Waals surface area contributed by atoms with E-state index in [-0.39, 0.29) is 6.04 Å². The molecule has 0 aliphatic rings. The van der Waals surface area contributed by atoms with Crippen LogP contribution in [0.25, 0.3) is 22.2 Å². The van der Waals surface area contributed by atoms with Gasteiger partial charge in [-0.05, 0) is 38.4 Å². The first-order chi connectivity index (χ1) is 13.6. The third kappa shape index (κ3) is 3.27. The van der Waals surface area contributed by atoms with Crippen LogP contribution in [0.5, 0.6) is 5.75 Å². The SMILES string of the molecule is COc1ccc(-c2nc(CN(C)C(C)c3ccon3)c(C)o2)c2ccccc12. The Labute approximate surface area is 163 Å². The minimum Gasteiger partial charge on any atom is -0.496 e. The number of fused-ring (bicyclic) bond motifs is 1. The normalized spacial score (nSPS) is 12.6. The Morgan fingerprint density at radius 2 is 1.89 bits per heavy atom. The summed E-state index contributed by atoms with van der Waals surface area (Å²) >= 11 is 0. The van der Waals surface area contributed by atoms with E-state index in [0.29, 0.717) is 12.4 Å². The van der Waals surface area contributed by atoms with Gasteiger partial charge >= 0.3 is 0 Å². The molecule has 2 aromatic heterocycles. The molecule has 0 saturated carbocycles. The summed E-state index contributed by atoms with van der Waals surface area (Å²) in [5, 5.41) is 6.13. The monoisotopic (exact) mass is 377 g/mol. The summed E-state index contributed by atoms with van der Waals surface area (Å²) in [5.74, 6) is 2.27. The second kappa shape index (κ2) is 7.48. The Morgan fingerprint density at radius 1 is 1.11 bits per heavy atom. The Bertz CT molecular complexity index is 1090. The van der Waals surface area contributed by atoms with Crippen molar-refractivity contribution >= 4 is 10.8 Å². The molecule has 6 heteroatoms. The highest BCUT2D eigenvalue weighted by Gasteiger charge is 2.20. The van der Waals surface area contributed by atoms with Crippen LogP contribution in [0.4, 0.5) is 0 Å². The molecule has 1 atom stereocenters. The van der Waals surface area contributed by atoms with E-state index in [1.165, 1.54) is 0 Å². The lowest BCUT2D eigenvalue weighted by Crippen LogP contribution is -2.22. The van der Waals surface area contributed by atoms with Gasteiger partial charge in [0.25, 0.3) is 0 Å². The van der Waals surface area contributed by atoms with Crippen molar-refractivity contribution in [1.29, 1.82) is 0 Å². The van der Waals surface area contributed by atoms with Gasteiger partial charge in [0, 0.05) is 23.6 Å². The number of rotatable bonds is 6. The molecular weight excluding hydrogens is 354 g/mol. The van der Waals surface area contributed by atoms with Crippen molar-refractivity contribution in [1.82, 2.24) is 15.0 Å². The zero-order valence-corrected chi connectivity index (χ0v) is 16.5. The number of nitrogens with zero attached hydrogens (tertiary/aromatic N) is 3. The highest BCUT2D eigenvalue weighted by atomic mass is 16.5. The third-order valence-corrected chi connectivity index (χ3v) is 5.17. The lowest BCUT2D eigenvalue weighted by Gasteiger charge is -2.21. The zero-order chi connectivity index (χ0) is 19.7. The largest absolute Gasteiger partial charge is 0.496 e. The molecule has 1 unspecified atom stereocenters. The van der Waals surface area contributed by atoms with Gasteiger partial charge in [0.2, 0.25) is 5.89 Å². The number of methoxy groups -OCH3 is 1. The third-order valence-electron chi connectivity index (χ3n) is 5.17. The van der Waals surface area contributed by atoms with Gasteiger partial charge in [0.1, 0.15) is 23.5 Å². The second-order valence-corrected chi connectivity index (χ2v) is 6.90. The average Bonchev–Trinajstić information content (AvgIpc) is 3.37. The highest BCUT2D eigenvalue weighted by Crippen LogP contribution is 2.35. The first kappa shape index (κ1) is 18.3. The van der Waals surface area contributed by atoms with Gasteiger partial charge in [-0.3, -0.25) is 4.90 Å². The van der Waals surface area contributed by atoms with Crippen LogP contribution in [-0.4, -0.2) is 29.2 Å². The molecule has 4 aromatic rings. The van der Waals surface area contributed by atoms with Gasteiger partial charge in [-0.25, -0.2) is 4.98 Å². The lowest BCUT2D eigenvalue weighted by molar-refractivity contribution is 0.237. The Balaban J connectivity index is 1.66. The first-order valence-electron chi connectivity index (χ1n) is 9.21. The van der Waals surface area contributed by atoms with Crippen molar-refractivity contribution in [3.8, 4) is 17.2 Å². The summed E-state index contributed by atoms with van der Waals surface area (Å²) in [6.07, 6.45) is 1.59. The quantitative estimate of drug-likeness (QED) is 0.471. The number of oxazole rings is 1. The Hall–Kier alpha value is -3.12. The van der Waals surface area contributed by atoms with E-state index in [0.717, 1.165) is 39.2 Å². The summed E-state index contributed by atoms with van der Waals surface area (Å²) in [5.41, 5.74) is 2.76. The van der Waals surface area contributed by atoms with Crippen molar-refractivity contribution in [2.75, 3.05) is 14.2 Å². The van der Waals surface area contributed by atoms with E-state index >= 15 is 0 Å². The molecule has 0 spiro atoms. The van der Waals surface area contributed by atoms with E-state index in [2.05, 4.69) is 23.0 Å². The molecule has 28 heavy (non-hydrogen) atoms. The summed E-state index contributed by atoms with van der Waals surface area (Å²) in [7, 11) is 3.72. The molecule has 4 rings (SSSR count). The van der Waals surface area contributed by atoms with Gasteiger partial charge in [-0.2, -0.15) is 0 Å². The maximum absolute atomic E-state index is 6.04. The molecule has 0 radical (unpaired) electrons. The van der Waals surface area contributed by atoms with E-state index in [1.807, 2.05) is 50.4 Å². The smallest absolute Gasteiger partial charge is 0.227 e. The van der Waals surface area contributed by atoms with Gasteiger partial charge in [-0.1, -0.05) is 29.4 Å². The lowest BCUT2D eigenvalue weighted by atomic mass is 10.0. The van der Waals surface area contributed by atoms with Crippen LogP contribution in [-0.2, 0) is 6.54 Å². The van der Waals surface area contributed by atoms with Crippen molar-refractivity contribution in [3.63, 3.8) is 0 Å². The fourth-order valence-corrected chi connectivity index (χ4v) is 3.36. The van der Waals surface area contributed by atoms with E-state index < -0.39 is 0 Å². The standard InChI is InChI=1S/C22H23N3O3/c1-14(19-11-12-27-24-19)25(3)13-20-15(2)28-22(23-20)18-9-10-21(26-4)17-8-6-5-7-16(17)18/h5-12,14H,13H2,1-4H3. The highest BCUT2D eigenvalue weighted by molar-refractivity contribution is 5.98. The molecular formula is C22H23N3O3. The number of hydrogen-bond donors (Lipinski definition) is 0.